The van der Waals surface area contributed by atoms with Crippen LogP contribution < -0.4 is 11.1 Å². The SMILES string of the molecule is CCCC(C)(C)N1C=CC2(C=CNCC2)CC1.NC=O. The van der Waals surface area contributed by atoms with Crippen LogP contribution in [0.5, 0.6) is 0 Å². The first-order valence-electron chi connectivity index (χ1n) is 7.52. The quantitative estimate of drug-likeness (QED) is 0.780. The number of carbonyl (C=O) groups excluding carboxylic acids is 1. The van der Waals surface area contributed by atoms with Gasteiger partial charge in [-0.15, -0.1) is 0 Å². The Balaban J connectivity index is 0.000000612. The summed E-state index contributed by atoms with van der Waals surface area (Å²) < 4.78 is 0. The second-order valence-electron chi connectivity index (χ2n) is 6.23. The molecule has 0 saturated carbocycles. The molecule has 0 fully saturated rings. The van der Waals surface area contributed by atoms with Gasteiger partial charge in [0.1, 0.15) is 0 Å². The Bertz CT molecular complexity index is 363. The minimum atomic E-state index is 0.250. The zero-order valence-electron chi connectivity index (χ0n) is 13.1. The van der Waals surface area contributed by atoms with Crippen molar-refractivity contribution < 1.29 is 4.79 Å². The van der Waals surface area contributed by atoms with Gasteiger partial charge in [0.25, 0.3) is 0 Å². The zero-order chi connectivity index (χ0) is 15.1. The van der Waals surface area contributed by atoms with Crippen LogP contribution in [0.15, 0.2) is 24.6 Å². The number of hydrogen-bond donors (Lipinski definition) is 2. The van der Waals surface area contributed by atoms with E-state index in [0.717, 1.165) is 6.54 Å². The van der Waals surface area contributed by atoms with Crippen LogP contribution in [0.4, 0.5) is 0 Å². The van der Waals surface area contributed by atoms with Crippen LogP contribution in [0.25, 0.3) is 0 Å². The van der Waals surface area contributed by atoms with E-state index in [1.807, 2.05) is 0 Å². The molecule has 2 aliphatic heterocycles. The molecule has 0 saturated heterocycles. The average Bonchev–Trinajstić information content (AvgIpc) is 2.41. The number of hydrogen-bond acceptors (Lipinski definition) is 3. The van der Waals surface area contributed by atoms with Crippen LogP contribution >= 0.6 is 0 Å². The fourth-order valence-electron chi connectivity index (χ4n) is 3.03. The summed E-state index contributed by atoms with van der Waals surface area (Å²) in [7, 11) is 0. The van der Waals surface area contributed by atoms with E-state index in [0.29, 0.717) is 11.0 Å². The molecule has 1 spiro atoms. The molecule has 0 aliphatic carbocycles. The number of nitrogens with one attached hydrogen (secondary N) is 1. The Hall–Kier alpha value is -1.45. The van der Waals surface area contributed by atoms with Gasteiger partial charge in [0.2, 0.25) is 6.41 Å². The molecule has 2 heterocycles. The van der Waals surface area contributed by atoms with E-state index in [2.05, 4.69) is 61.3 Å². The highest BCUT2D eigenvalue weighted by atomic mass is 16.1. The molecule has 4 nitrogen and oxygen atoms in total. The molecule has 1 unspecified atom stereocenters. The first-order valence-corrected chi connectivity index (χ1v) is 7.52. The average molecular weight is 279 g/mol. The topological polar surface area (TPSA) is 58.4 Å². The minimum Gasteiger partial charge on any atom is -0.391 e. The number of primary amides is 1. The van der Waals surface area contributed by atoms with Crippen molar-refractivity contribution in [2.24, 2.45) is 11.1 Å². The standard InChI is InChI=1S/C15H26N2.CH3NO/c1-4-5-14(2,3)17-12-8-15(9-13-17)6-10-16-11-7-15;2-1-3/h6,8,10,12,16H,4-5,7,9,11,13H2,1-3H3;1H,(H2,2,3). The number of rotatable bonds is 3. The van der Waals surface area contributed by atoms with Crippen molar-refractivity contribution in [1.82, 2.24) is 10.2 Å². The lowest BCUT2D eigenvalue weighted by Gasteiger charge is -2.44. The van der Waals surface area contributed by atoms with Crippen LogP contribution in [0, 0.1) is 5.41 Å². The highest BCUT2D eigenvalue weighted by Crippen LogP contribution is 2.37. The van der Waals surface area contributed by atoms with Crippen molar-refractivity contribution in [3.8, 4) is 0 Å². The number of allylic oxidation sites excluding steroid dienone is 2. The second kappa shape index (κ2) is 7.36. The Morgan fingerprint density at radius 2 is 2.10 bits per heavy atom. The van der Waals surface area contributed by atoms with Gasteiger partial charge in [0.15, 0.2) is 0 Å². The third kappa shape index (κ3) is 4.29. The highest BCUT2D eigenvalue weighted by molar-refractivity contribution is 5.42. The van der Waals surface area contributed by atoms with Crippen molar-refractivity contribution >= 4 is 6.41 Å². The molecule has 114 valence electrons. The summed E-state index contributed by atoms with van der Waals surface area (Å²) in [4.78, 5) is 11.1. The molecular weight excluding hydrogens is 250 g/mol. The Morgan fingerprint density at radius 3 is 2.55 bits per heavy atom. The van der Waals surface area contributed by atoms with E-state index in [1.54, 1.807) is 0 Å². The summed E-state index contributed by atoms with van der Waals surface area (Å²) in [6, 6.07) is 0. The molecule has 2 rings (SSSR count). The van der Waals surface area contributed by atoms with E-state index in [4.69, 9.17) is 4.79 Å². The normalized spacial score (nSPS) is 24.9. The van der Waals surface area contributed by atoms with Gasteiger partial charge in [-0.25, -0.2) is 0 Å². The van der Waals surface area contributed by atoms with Crippen molar-refractivity contribution in [2.75, 3.05) is 13.1 Å². The Morgan fingerprint density at radius 1 is 1.40 bits per heavy atom. The van der Waals surface area contributed by atoms with Gasteiger partial charge < -0.3 is 16.0 Å². The Kier molecular flexibility index (Phi) is 6.11. The number of nitrogens with zero attached hydrogens (tertiary/aromatic N) is 1. The van der Waals surface area contributed by atoms with E-state index < -0.39 is 0 Å². The van der Waals surface area contributed by atoms with Crippen molar-refractivity contribution in [3.63, 3.8) is 0 Å². The maximum Gasteiger partial charge on any atom is 0.204 e. The summed E-state index contributed by atoms with van der Waals surface area (Å²) in [5, 5.41) is 3.29. The predicted molar refractivity (Wildman–Crippen MR) is 83.9 cm³/mol. The summed E-state index contributed by atoms with van der Waals surface area (Å²) in [5.74, 6) is 0. The molecule has 0 radical (unpaired) electrons. The molecule has 0 aromatic carbocycles. The summed E-state index contributed by atoms with van der Waals surface area (Å²) in [6.45, 7) is 9.29. The molecule has 0 bridgehead atoms. The molecular formula is C16H29N3O. The van der Waals surface area contributed by atoms with Gasteiger partial charge in [0.05, 0.1) is 0 Å². The molecule has 0 aromatic rings. The van der Waals surface area contributed by atoms with Crippen molar-refractivity contribution in [2.45, 2.75) is 52.0 Å². The molecule has 1 amide bonds. The smallest absolute Gasteiger partial charge is 0.204 e. The first-order chi connectivity index (χ1) is 9.49. The first kappa shape index (κ1) is 16.6. The van der Waals surface area contributed by atoms with Gasteiger partial charge in [-0.1, -0.05) is 25.5 Å². The van der Waals surface area contributed by atoms with E-state index in [9.17, 15) is 0 Å². The van der Waals surface area contributed by atoms with Crippen LogP contribution in [0.2, 0.25) is 0 Å². The lowest BCUT2D eigenvalue weighted by atomic mass is 9.77. The molecule has 1 atom stereocenters. The van der Waals surface area contributed by atoms with Crippen LogP contribution in [-0.2, 0) is 4.79 Å². The van der Waals surface area contributed by atoms with E-state index >= 15 is 0 Å². The molecule has 3 N–H and O–H groups in total. The fourth-order valence-corrected chi connectivity index (χ4v) is 3.03. The monoisotopic (exact) mass is 279 g/mol. The maximum atomic E-state index is 8.58. The van der Waals surface area contributed by atoms with Gasteiger partial charge >= 0.3 is 0 Å². The number of amides is 1. The summed E-state index contributed by atoms with van der Waals surface area (Å²) >= 11 is 0. The third-order valence-corrected chi connectivity index (χ3v) is 4.31. The lowest BCUT2D eigenvalue weighted by Crippen LogP contribution is -2.45. The third-order valence-electron chi connectivity index (χ3n) is 4.31. The zero-order valence-corrected chi connectivity index (χ0v) is 13.1. The Labute approximate surface area is 123 Å². The van der Waals surface area contributed by atoms with Gasteiger partial charge in [-0.05, 0) is 45.5 Å². The van der Waals surface area contributed by atoms with Crippen LogP contribution in [0.1, 0.15) is 46.5 Å². The van der Waals surface area contributed by atoms with E-state index in [1.165, 1.54) is 32.2 Å². The number of nitrogens with two attached hydrogens (primary N) is 1. The van der Waals surface area contributed by atoms with Gasteiger partial charge in [-0.3, -0.25) is 4.79 Å². The van der Waals surface area contributed by atoms with Crippen LogP contribution in [-0.4, -0.2) is 29.9 Å². The van der Waals surface area contributed by atoms with E-state index in [-0.39, 0.29) is 6.41 Å². The molecule has 4 heteroatoms. The van der Waals surface area contributed by atoms with Gasteiger partial charge in [-0.2, -0.15) is 0 Å². The largest absolute Gasteiger partial charge is 0.391 e. The summed E-state index contributed by atoms with van der Waals surface area (Å²) in [6.07, 6.45) is 14.5. The second-order valence-corrected chi connectivity index (χ2v) is 6.23. The predicted octanol–water partition coefficient (Wildman–Crippen LogP) is 2.38. The highest BCUT2D eigenvalue weighted by Gasteiger charge is 2.33. The van der Waals surface area contributed by atoms with Gasteiger partial charge in [0, 0.05) is 24.0 Å². The molecule has 0 aromatic heterocycles. The minimum absolute atomic E-state index is 0.250. The lowest BCUT2D eigenvalue weighted by molar-refractivity contribution is -0.106. The van der Waals surface area contributed by atoms with Crippen molar-refractivity contribution in [1.29, 1.82) is 0 Å². The fraction of sp³-hybridized carbons (Fsp3) is 0.688. The molecule has 20 heavy (non-hydrogen) atoms. The van der Waals surface area contributed by atoms with Crippen molar-refractivity contribution in [3.05, 3.63) is 24.6 Å². The number of carbonyl (C=O) groups is 1. The maximum absolute atomic E-state index is 8.58. The summed E-state index contributed by atoms with van der Waals surface area (Å²) in [5.41, 5.74) is 4.81. The molecule has 2 aliphatic rings. The van der Waals surface area contributed by atoms with Crippen LogP contribution in [0.3, 0.4) is 0 Å².